The Balaban J connectivity index is 2.15. The molecule has 6 nitrogen and oxygen atoms in total. The van der Waals surface area contributed by atoms with Crippen LogP contribution in [0.25, 0.3) is 11.3 Å². The van der Waals surface area contributed by atoms with Crippen molar-refractivity contribution >= 4 is 11.8 Å². The molecule has 2 aromatic rings. The number of anilines is 2. The molecule has 0 saturated carbocycles. The van der Waals surface area contributed by atoms with Gasteiger partial charge in [-0.15, -0.1) is 0 Å². The molecule has 0 amide bonds. The van der Waals surface area contributed by atoms with E-state index in [1.807, 2.05) is 18.2 Å². The Morgan fingerprint density at radius 1 is 1.28 bits per heavy atom. The second-order valence-corrected chi connectivity index (χ2v) is 3.71. The number of hydrogen-bond donors (Lipinski definition) is 3. The number of nitrogens with zero attached hydrogens (tertiary/aromatic N) is 3. The number of aromatic nitrogens is 3. The summed E-state index contributed by atoms with van der Waals surface area (Å²) in [6.45, 7) is 0.743. The number of hydrogen-bond acceptors (Lipinski definition) is 6. The maximum atomic E-state index is 8.68. The van der Waals surface area contributed by atoms with Crippen LogP contribution in [0.15, 0.2) is 30.6 Å². The Morgan fingerprint density at radius 2 is 2.17 bits per heavy atom. The third kappa shape index (κ3) is 2.92. The zero-order valence-electron chi connectivity index (χ0n) is 9.87. The van der Waals surface area contributed by atoms with E-state index in [1.165, 1.54) is 0 Å². The third-order valence-electron chi connectivity index (χ3n) is 2.38. The van der Waals surface area contributed by atoms with Gasteiger partial charge in [0, 0.05) is 25.5 Å². The minimum Gasteiger partial charge on any atom is -0.396 e. The molecule has 0 spiro atoms. The Morgan fingerprint density at radius 3 is 2.83 bits per heavy atom. The fourth-order valence-corrected chi connectivity index (χ4v) is 1.48. The number of aliphatic hydroxyl groups is 1. The molecule has 2 rings (SSSR count). The normalized spacial score (nSPS) is 10.3. The number of nitrogens with one attached hydrogen (secondary N) is 1. The van der Waals surface area contributed by atoms with Gasteiger partial charge in [-0.05, 0) is 18.6 Å². The molecule has 0 bridgehead atoms. The van der Waals surface area contributed by atoms with Crippen molar-refractivity contribution in [3.8, 4) is 11.3 Å². The molecule has 0 atom stereocenters. The van der Waals surface area contributed by atoms with Crippen LogP contribution in [-0.4, -0.2) is 33.2 Å². The summed E-state index contributed by atoms with van der Waals surface area (Å²) in [6.07, 6.45) is 3.99. The molecule has 18 heavy (non-hydrogen) atoms. The predicted molar refractivity (Wildman–Crippen MR) is 69.9 cm³/mol. The van der Waals surface area contributed by atoms with E-state index in [0.29, 0.717) is 30.3 Å². The van der Waals surface area contributed by atoms with Crippen molar-refractivity contribution in [3.05, 3.63) is 30.6 Å². The lowest BCUT2D eigenvalue weighted by Gasteiger charge is -2.07. The lowest BCUT2D eigenvalue weighted by molar-refractivity contribution is 0.292. The highest BCUT2D eigenvalue weighted by molar-refractivity contribution is 5.70. The summed E-state index contributed by atoms with van der Waals surface area (Å²) in [7, 11) is 0. The summed E-state index contributed by atoms with van der Waals surface area (Å²) in [5, 5.41) is 11.7. The van der Waals surface area contributed by atoms with Crippen molar-refractivity contribution in [2.24, 2.45) is 0 Å². The zero-order valence-corrected chi connectivity index (χ0v) is 9.87. The summed E-state index contributed by atoms with van der Waals surface area (Å²) >= 11 is 0. The lowest BCUT2D eigenvalue weighted by Crippen LogP contribution is -2.08. The predicted octanol–water partition coefficient (Wildman–Crippen LogP) is 0.915. The Labute approximate surface area is 105 Å². The average molecular weight is 245 g/mol. The second kappa shape index (κ2) is 5.92. The summed E-state index contributed by atoms with van der Waals surface area (Å²) < 4.78 is 0. The maximum absolute atomic E-state index is 8.68. The van der Waals surface area contributed by atoms with E-state index in [0.717, 1.165) is 5.69 Å². The molecule has 4 N–H and O–H groups in total. The minimum atomic E-state index is 0.133. The molecule has 0 fully saturated rings. The monoisotopic (exact) mass is 245 g/mol. The molecule has 0 aromatic carbocycles. The average Bonchev–Trinajstić information content (AvgIpc) is 2.40. The van der Waals surface area contributed by atoms with E-state index < -0.39 is 0 Å². The Kier molecular flexibility index (Phi) is 4.03. The topological polar surface area (TPSA) is 97.0 Å². The van der Waals surface area contributed by atoms with E-state index in [2.05, 4.69) is 20.3 Å². The highest BCUT2D eigenvalue weighted by atomic mass is 16.3. The molecule has 94 valence electrons. The number of rotatable bonds is 5. The lowest BCUT2D eigenvalue weighted by atomic mass is 10.2. The molecule has 2 aromatic heterocycles. The van der Waals surface area contributed by atoms with Crippen molar-refractivity contribution in [1.82, 2.24) is 15.0 Å². The van der Waals surface area contributed by atoms with Crippen LogP contribution < -0.4 is 11.1 Å². The Bertz CT molecular complexity index is 503. The Hall–Kier alpha value is -2.21. The molecule has 0 aliphatic carbocycles. The van der Waals surface area contributed by atoms with Crippen LogP contribution in [-0.2, 0) is 0 Å². The van der Waals surface area contributed by atoms with Crippen molar-refractivity contribution in [3.63, 3.8) is 0 Å². The molecule has 0 radical (unpaired) electrons. The molecule has 0 saturated heterocycles. The first-order valence-electron chi connectivity index (χ1n) is 5.70. The molecule has 0 unspecified atom stereocenters. The SMILES string of the molecule is Nc1nc(NCCCO)ncc1-c1ccccn1. The van der Waals surface area contributed by atoms with E-state index in [-0.39, 0.29) is 6.61 Å². The molecule has 0 aliphatic heterocycles. The smallest absolute Gasteiger partial charge is 0.224 e. The van der Waals surface area contributed by atoms with Crippen LogP contribution in [0.2, 0.25) is 0 Å². The zero-order chi connectivity index (χ0) is 12.8. The van der Waals surface area contributed by atoms with Crippen LogP contribution >= 0.6 is 0 Å². The van der Waals surface area contributed by atoms with Crippen molar-refractivity contribution < 1.29 is 5.11 Å². The maximum Gasteiger partial charge on any atom is 0.224 e. The van der Waals surface area contributed by atoms with Crippen molar-refractivity contribution in [2.75, 3.05) is 24.2 Å². The van der Waals surface area contributed by atoms with Gasteiger partial charge in [-0.3, -0.25) is 4.98 Å². The summed E-state index contributed by atoms with van der Waals surface area (Å²) in [5.74, 6) is 0.843. The van der Waals surface area contributed by atoms with Gasteiger partial charge in [0.2, 0.25) is 5.95 Å². The van der Waals surface area contributed by atoms with Gasteiger partial charge in [-0.1, -0.05) is 6.07 Å². The van der Waals surface area contributed by atoms with Crippen LogP contribution in [0.5, 0.6) is 0 Å². The van der Waals surface area contributed by atoms with Crippen molar-refractivity contribution in [2.45, 2.75) is 6.42 Å². The van der Waals surface area contributed by atoms with Gasteiger partial charge in [0.1, 0.15) is 5.82 Å². The number of nitrogen functional groups attached to an aromatic ring is 1. The van der Waals surface area contributed by atoms with Gasteiger partial charge in [0.05, 0.1) is 11.3 Å². The van der Waals surface area contributed by atoms with Crippen LogP contribution in [0.4, 0.5) is 11.8 Å². The summed E-state index contributed by atoms with van der Waals surface area (Å²) in [6, 6.07) is 5.58. The molecule has 2 heterocycles. The highest BCUT2D eigenvalue weighted by Crippen LogP contribution is 2.21. The van der Waals surface area contributed by atoms with E-state index in [1.54, 1.807) is 12.4 Å². The number of pyridine rings is 1. The fraction of sp³-hybridized carbons (Fsp3) is 0.250. The standard InChI is InChI=1S/C12H15N5O/c13-11-9(10-4-1-2-5-14-10)8-16-12(17-11)15-6-3-7-18/h1-2,4-5,8,18H,3,6-7H2,(H3,13,15,16,17). The second-order valence-electron chi connectivity index (χ2n) is 3.71. The van der Waals surface area contributed by atoms with Crippen LogP contribution in [0.3, 0.4) is 0 Å². The van der Waals surface area contributed by atoms with E-state index in [9.17, 15) is 0 Å². The highest BCUT2D eigenvalue weighted by Gasteiger charge is 2.06. The molecular formula is C12H15N5O. The molecular weight excluding hydrogens is 230 g/mol. The first-order chi connectivity index (χ1) is 8.81. The summed E-state index contributed by atoms with van der Waals surface area (Å²) in [4.78, 5) is 12.5. The molecule has 6 heteroatoms. The van der Waals surface area contributed by atoms with Crippen LogP contribution in [0, 0.1) is 0 Å². The van der Waals surface area contributed by atoms with Gasteiger partial charge in [0.15, 0.2) is 0 Å². The van der Waals surface area contributed by atoms with Gasteiger partial charge in [-0.25, -0.2) is 4.98 Å². The molecule has 0 aliphatic rings. The van der Waals surface area contributed by atoms with E-state index >= 15 is 0 Å². The van der Waals surface area contributed by atoms with E-state index in [4.69, 9.17) is 10.8 Å². The first-order valence-corrected chi connectivity index (χ1v) is 5.70. The largest absolute Gasteiger partial charge is 0.396 e. The number of nitrogens with two attached hydrogens (primary N) is 1. The fourth-order valence-electron chi connectivity index (χ4n) is 1.48. The number of aliphatic hydroxyl groups excluding tert-OH is 1. The van der Waals surface area contributed by atoms with Gasteiger partial charge < -0.3 is 16.2 Å². The van der Waals surface area contributed by atoms with Crippen molar-refractivity contribution in [1.29, 1.82) is 0 Å². The third-order valence-corrected chi connectivity index (χ3v) is 2.38. The van der Waals surface area contributed by atoms with Crippen LogP contribution in [0.1, 0.15) is 6.42 Å². The summed E-state index contributed by atoms with van der Waals surface area (Å²) in [5.41, 5.74) is 7.34. The minimum absolute atomic E-state index is 0.133. The van der Waals surface area contributed by atoms with Gasteiger partial charge in [-0.2, -0.15) is 4.98 Å². The van der Waals surface area contributed by atoms with Gasteiger partial charge >= 0.3 is 0 Å². The first kappa shape index (κ1) is 12.3. The quantitative estimate of drug-likeness (QED) is 0.678. The van der Waals surface area contributed by atoms with Gasteiger partial charge in [0.25, 0.3) is 0 Å².